The summed E-state index contributed by atoms with van der Waals surface area (Å²) in [5, 5.41) is 0. The van der Waals surface area contributed by atoms with Crippen molar-refractivity contribution in [3.05, 3.63) is 16.5 Å². The maximum atomic E-state index is 5.80. The van der Waals surface area contributed by atoms with Crippen LogP contribution in [-0.4, -0.2) is 14.5 Å². The van der Waals surface area contributed by atoms with Gasteiger partial charge in [-0.25, -0.2) is 9.97 Å². The first-order chi connectivity index (χ1) is 6.11. The molecule has 0 unspecified atom stereocenters. The Balaban J connectivity index is 2.96. The molecule has 5 heteroatoms. The number of anilines is 1. The van der Waals surface area contributed by atoms with E-state index in [0.717, 1.165) is 21.3 Å². The highest BCUT2D eigenvalue weighted by Gasteiger charge is 2.10. The summed E-state index contributed by atoms with van der Waals surface area (Å²) in [6.45, 7) is 1.88. The zero-order valence-electron chi connectivity index (χ0n) is 7.37. The Bertz CT molecular complexity index is 474. The molecule has 0 aromatic carbocycles. The van der Waals surface area contributed by atoms with Gasteiger partial charge >= 0.3 is 0 Å². The van der Waals surface area contributed by atoms with Crippen molar-refractivity contribution in [1.29, 1.82) is 0 Å². The standard InChI is InChI=1S/C8H9BrN4/c1-4-6(10)5(9)7-8(12-4)13(2)3-11-7/h3H,10H2,1-2H3. The Morgan fingerprint density at radius 3 is 2.92 bits per heavy atom. The second-order valence-corrected chi connectivity index (χ2v) is 3.75. The quantitative estimate of drug-likeness (QED) is 0.762. The third kappa shape index (κ3) is 1.11. The topological polar surface area (TPSA) is 56.7 Å². The number of hydrogen-bond acceptors (Lipinski definition) is 3. The summed E-state index contributed by atoms with van der Waals surface area (Å²) in [5.41, 5.74) is 8.94. The average molecular weight is 241 g/mol. The summed E-state index contributed by atoms with van der Waals surface area (Å²) in [6, 6.07) is 0. The minimum atomic E-state index is 0.659. The maximum absolute atomic E-state index is 5.80. The highest BCUT2D eigenvalue weighted by molar-refractivity contribution is 9.10. The number of aryl methyl sites for hydroxylation is 2. The van der Waals surface area contributed by atoms with E-state index >= 15 is 0 Å². The van der Waals surface area contributed by atoms with Crippen LogP contribution in [0.1, 0.15) is 5.69 Å². The van der Waals surface area contributed by atoms with E-state index in [-0.39, 0.29) is 0 Å². The van der Waals surface area contributed by atoms with Crippen LogP contribution in [0.3, 0.4) is 0 Å². The van der Waals surface area contributed by atoms with Crippen LogP contribution in [-0.2, 0) is 7.05 Å². The fraction of sp³-hybridized carbons (Fsp3) is 0.250. The van der Waals surface area contributed by atoms with Crippen molar-refractivity contribution in [1.82, 2.24) is 14.5 Å². The molecule has 2 heterocycles. The Morgan fingerprint density at radius 2 is 2.23 bits per heavy atom. The summed E-state index contributed by atoms with van der Waals surface area (Å²) in [7, 11) is 1.91. The molecule has 0 saturated heterocycles. The first-order valence-corrected chi connectivity index (χ1v) is 4.63. The molecule has 0 atom stereocenters. The predicted octanol–water partition coefficient (Wildman–Crippen LogP) is 1.62. The van der Waals surface area contributed by atoms with Gasteiger partial charge in [-0.3, -0.25) is 0 Å². The Kier molecular flexibility index (Phi) is 1.76. The van der Waals surface area contributed by atoms with Gasteiger partial charge in [0, 0.05) is 7.05 Å². The number of imidazole rings is 1. The van der Waals surface area contributed by atoms with Crippen LogP contribution in [0.15, 0.2) is 10.8 Å². The lowest BCUT2D eigenvalue weighted by Crippen LogP contribution is -1.97. The smallest absolute Gasteiger partial charge is 0.161 e. The number of halogens is 1. The van der Waals surface area contributed by atoms with Gasteiger partial charge in [0.1, 0.15) is 5.52 Å². The molecule has 13 heavy (non-hydrogen) atoms. The molecule has 0 aliphatic carbocycles. The number of pyridine rings is 1. The lowest BCUT2D eigenvalue weighted by atomic mass is 10.3. The number of nitrogen functional groups attached to an aromatic ring is 1. The molecular formula is C8H9BrN4. The van der Waals surface area contributed by atoms with Gasteiger partial charge in [0.05, 0.1) is 22.2 Å². The minimum Gasteiger partial charge on any atom is -0.396 e. The first kappa shape index (κ1) is 8.50. The zero-order chi connectivity index (χ0) is 9.59. The molecule has 0 bridgehead atoms. The van der Waals surface area contributed by atoms with Crippen LogP contribution in [0.5, 0.6) is 0 Å². The number of rotatable bonds is 0. The molecule has 0 fully saturated rings. The molecule has 0 spiro atoms. The van der Waals surface area contributed by atoms with Gasteiger partial charge in [-0.15, -0.1) is 0 Å². The molecule has 0 radical (unpaired) electrons. The summed E-state index contributed by atoms with van der Waals surface area (Å²) >= 11 is 3.40. The molecule has 0 saturated carbocycles. The fourth-order valence-electron chi connectivity index (χ4n) is 1.22. The molecule has 0 aliphatic rings. The van der Waals surface area contributed by atoms with Crippen molar-refractivity contribution in [2.24, 2.45) is 7.05 Å². The van der Waals surface area contributed by atoms with Crippen LogP contribution in [0.4, 0.5) is 5.69 Å². The van der Waals surface area contributed by atoms with Crippen LogP contribution < -0.4 is 5.73 Å². The third-order valence-corrected chi connectivity index (χ3v) is 2.82. The number of nitrogens with two attached hydrogens (primary N) is 1. The highest BCUT2D eigenvalue weighted by atomic mass is 79.9. The summed E-state index contributed by atoms with van der Waals surface area (Å²) in [6.07, 6.45) is 1.72. The molecule has 0 amide bonds. The SMILES string of the molecule is Cc1nc2c(ncn2C)c(Br)c1N. The summed E-state index contributed by atoms with van der Waals surface area (Å²) in [4.78, 5) is 8.53. The molecule has 0 aliphatic heterocycles. The van der Waals surface area contributed by atoms with Gasteiger partial charge in [0.15, 0.2) is 5.65 Å². The molecule has 2 aromatic heterocycles. The second kappa shape index (κ2) is 2.70. The Hall–Kier alpha value is -1.10. The lowest BCUT2D eigenvalue weighted by molar-refractivity contribution is 0.927. The van der Waals surface area contributed by atoms with Crippen molar-refractivity contribution in [2.75, 3.05) is 5.73 Å². The van der Waals surface area contributed by atoms with Crippen molar-refractivity contribution >= 4 is 32.8 Å². The van der Waals surface area contributed by atoms with Crippen molar-refractivity contribution in [3.8, 4) is 0 Å². The molecule has 2 aromatic rings. The van der Waals surface area contributed by atoms with E-state index in [1.54, 1.807) is 6.33 Å². The van der Waals surface area contributed by atoms with Crippen LogP contribution in [0.25, 0.3) is 11.2 Å². The molecule has 4 nitrogen and oxygen atoms in total. The second-order valence-electron chi connectivity index (χ2n) is 2.95. The number of fused-ring (bicyclic) bond motifs is 1. The molecular weight excluding hydrogens is 232 g/mol. The fourth-order valence-corrected chi connectivity index (χ4v) is 1.78. The molecule has 68 valence electrons. The molecule has 2 N–H and O–H groups in total. The van der Waals surface area contributed by atoms with Crippen molar-refractivity contribution in [2.45, 2.75) is 6.92 Å². The Labute approximate surface area is 83.9 Å². The van der Waals surface area contributed by atoms with Gasteiger partial charge in [-0.2, -0.15) is 0 Å². The van der Waals surface area contributed by atoms with E-state index in [2.05, 4.69) is 25.9 Å². The third-order valence-electron chi connectivity index (χ3n) is 2.01. The van der Waals surface area contributed by atoms with Crippen LogP contribution >= 0.6 is 15.9 Å². The average Bonchev–Trinajstić information content (AvgIpc) is 2.45. The number of nitrogens with zero attached hydrogens (tertiary/aromatic N) is 3. The van der Waals surface area contributed by atoms with E-state index in [0.29, 0.717) is 5.69 Å². The van der Waals surface area contributed by atoms with Crippen molar-refractivity contribution < 1.29 is 0 Å². The lowest BCUT2D eigenvalue weighted by Gasteiger charge is -2.03. The van der Waals surface area contributed by atoms with Crippen LogP contribution in [0.2, 0.25) is 0 Å². The van der Waals surface area contributed by atoms with Gasteiger partial charge in [0.25, 0.3) is 0 Å². The monoisotopic (exact) mass is 240 g/mol. The summed E-state index contributed by atoms with van der Waals surface area (Å²) in [5.74, 6) is 0. The van der Waals surface area contributed by atoms with E-state index in [9.17, 15) is 0 Å². The zero-order valence-corrected chi connectivity index (χ0v) is 8.96. The van der Waals surface area contributed by atoms with E-state index in [4.69, 9.17) is 5.73 Å². The maximum Gasteiger partial charge on any atom is 0.161 e. The van der Waals surface area contributed by atoms with E-state index in [1.165, 1.54) is 0 Å². The predicted molar refractivity (Wildman–Crippen MR) is 55.4 cm³/mol. The van der Waals surface area contributed by atoms with Crippen LogP contribution in [0, 0.1) is 6.92 Å². The number of hydrogen-bond donors (Lipinski definition) is 1. The number of aromatic nitrogens is 3. The largest absolute Gasteiger partial charge is 0.396 e. The van der Waals surface area contributed by atoms with Crippen molar-refractivity contribution in [3.63, 3.8) is 0 Å². The summed E-state index contributed by atoms with van der Waals surface area (Å²) < 4.78 is 2.70. The normalized spacial score (nSPS) is 11.0. The van der Waals surface area contributed by atoms with E-state index in [1.807, 2.05) is 18.5 Å². The minimum absolute atomic E-state index is 0.659. The van der Waals surface area contributed by atoms with Gasteiger partial charge in [0.2, 0.25) is 0 Å². The molecule has 2 rings (SSSR count). The van der Waals surface area contributed by atoms with E-state index < -0.39 is 0 Å². The van der Waals surface area contributed by atoms with Gasteiger partial charge < -0.3 is 10.3 Å². The van der Waals surface area contributed by atoms with Gasteiger partial charge in [-0.05, 0) is 22.9 Å². The Morgan fingerprint density at radius 1 is 1.54 bits per heavy atom. The first-order valence-electron chi connectivity index (χ1n) is 3.84. The highest BCUT2D eigenvalue weighted by Crippen LogP contribution is 2.28. The van der Waals surface area contributed by atoms with Gasteiger partial charge in [-0.1, -0.05) is 0 Å².